The number of sulfonamides is 1. The molecule has 2 rings (SSSR count). The third-order valence-corrected chi connectivity index (χ3v) is 4.51. The van der Waals surface area contributed by atoms with E-state index in [0.29, 0.717) is 16.3 Å². The third-order valence-electron chi connectivity index (χ3n) is 2.81. The van der Waals surface area contributed by atoms with Gasteiger partial charge in [-0.3, -0.25) is 0 Å². The standard InChI is InChI=1S/C15H15ClFNO3S/c16-15-4-2-1-3-12(15)11-22(19,20)18-9-10-21-14-7-5-13(17)6-8-14/h1-8,18H,9-11H2. The minimum atomic E-state index is -3.49. The monoisotopic (exact) mass is 343 g/mol. The Hall–Kier alpha value is -1.63. The van der Waals surface area contributed by atoms with Crippen LogP contribution in [0.4, 0.5) is 4.39 Å². The molecular formula is C15H15ClFNO3S. The van der Waals surface area contributed by atoms with Gasteiger partial charge in [-0.15, -0.1) is 0 Å². The van der Waals surface area contributed by atoms with E-state index in [1.807, 2.05) is 0 Å². The Kier molecular flexibility index (Phi) is 5.76. The first kappa shape index (κ1) is 16.7. The lowest BCUT2D eigenvalue weighted by molar-refractivity contribution is 0.322. The van der Waals surface area contributed by atoms with Crippen molar-refractivity contribution in [1.29, 1.82) is 0 Å². The highest BCUT2D eigenvalue weighted by atomic mass is 35.5. The molecule has 0 spiro atoms. The summed E-state index contributed by atoms with van der Waals surface area (Å²) in [6, 6.07) is 12.3. The van der Waals surface area contributed by atoms with Crippen molar-refractivity contribution in [3.63, 3.8) is 0 Å². The van der Waals surface area contributed by atoms with Gasteiger partial charge in [0.05, 0.1) is 5.75 Å². The van der Waals surface area contributed by atoms with Crippen molar-refractivity contribution in [2.75, 3.05) is 13.2 Å². The summed E-state index contributed by atoms with van der Waals surface area (Å²) in [6.07, 6.45) is 0. The highest BCUT2D eigenvalue weighted by Gasteiger charge is 2.13. The molecule has 0 heterocycles. The number of hydrogen-bond acceptors (Lipinski definition) is 3. The summed E-state index contributed by atoms with van der Waals surface area (Å²) in [7, 11) is -3.49. The fourth-order valence-electron chi connectivity index (χ4n) is 1.77. The molecule has 0 aromatic heterocycles. The van der Waals surface area contributed by atoms with Crippen LogP contribution >= 0.6 is 11.6 Å². The first-order valence-corrected chi connectivity index (χ1v) is 8.58. The second-order valence-electron chi connectivity index (χ2n) is 4.55. The fourth-order valence-corrected chi connectivity index (χ4v) is 3.21. The maximum atomic E-state index is 12.7. The second kappa shape index (κ2) is 7.58. The van der Waals surface area contributed by atoms with Gasteiger partial charge in [0.1, 0.15) is 18.2 Å². The van der Waals surface area contributed by atoms with E-state index in [1.165, 1.54) is 24.3 Å². The SMILES string of the molecule is O=S(=O)(Cc1ccccc1Cl)NCCOc1ccc(F)cc1. The van der Waals surface area contributed by atoms with Crippen molar-refractivity contribution in [3.8, 4) is 5.75 Å². The number of ether oxygens (including phenoxy) is 1. The quantitative estimate of drug-likeness (QED) is 0.786. The van der Waals surface area contributed by atoms with Crippen molar-refractivity contribution < 1.29 is 17.5 Å². The molecule has 4 nitrogen and oxygen atoms in total. The first-order chi connectivity index (χ1) is 10.5. The average Bonchev–Trinajstić information content (AvgIpc) is 2.48. The van der Waals surface area contributed by atoms with E-state index in [9.17, 15) is 12.8 Å². The van der Waals surface area contributed by atoms with Crippen LogP contribution in [0.2, 0.25) is 5.02 Å². The first-order valence-electron chi connectivity index (χ1n) is 6.55. The number of benzene rings is 2. The normalized spacial score (nSPS) is 11.4. The van der Waals surface area contributed by atoms with E-state index in [1.54, 1.807) is 24.3 Å². The van der Waals surface area contributed by atoms with Gasteiger partial charge in [0.2, 0.25) is 10.0 Å². The Bertz CT molecular complexity index is 720. The van der Waals surface area contributed by atoms with Crippen molar-refractivity contribution in [2.24, 2.45) is 0 Å². The van der Waals surface area contributed by atoms with Gasteiger partial charge in [-0.2, -0.15) is 0 Å². The molecule has 0 aliphatic rings. The molecule has 7 heteroatoms. The molecule has 0 unspecified atom stereocenters. The number of halogens is 2. The van der Waals surface area contributed by atoms with E-state index in [4.69, 9.17) is 16.3 Å². The van der Waals surface area contributed by atoms with Crippen molar-refractivity contribution in [2.45, 2.75) is 5.75 Å². The Morgan fingerprint density at radius 3 is 2.45 bits per heavy atom. The van der Waals surface area contributed by atoms with Crippen molar-refractivity contribution in [3.05, 3.63) is 64.9 Å². The van der Waals surface area contributed by atoms with Gasteiger partial charge >= 0.3 is 0 Å². The molecular weight excluding hydrogens is 329 g/mol. The van der Waals surface area contributed by atoms with Crippen molar-refractivity contribution in [1.82, 2.24) is 4.72 Å². The molecule has 0 saturated heterocycles. The van der Waals surface area contributed by atoms with E-state index >= 15 is 0 Å². The van der Waals surface area contributed by atoms with E-state index < -0.39 is 10.0 Å². The minimum Gasteiger partial charge on any atom is -0.492 e. The smallest absolute Gasteiger partial charge is 0.215 e. The summed E-state index contributed by atoms with van der Waals surface area (Å²) in [5.74, 6) is -0.0667. The molecule has 2 aromatic carbocycles. The maximum absolute atomic E-state index is 12.7. The third kappa shape index (κ3) is 5.29. The number of nitrogens with one attached hydrogen (secondary N) is 1. The van der Waals surface area contributed by atoms with Crippen LogP contribution in [0.15, 0.2) is 48.5 Å². The molecule has 0 amide bonds. The van der Waals surface area contributed by atoms with Crippen LogP contribution in [0.1, 0.15) is 5.56 Å². The predicted molar refractivity (Wildman–Crippen MR) is 84.0 cm³/mol. The molecule has 1 N–H and O–H groups in total. The summed E-state index contributed by atoms with van der Waals surface area (Å²) in [5.41, 5.74) is 0.538. The van der Waals surface area contributed by atoms with E-state index in [2.05, 4.69) is 4.72 Å². The van der Waals surface area contributed by atoms with Crippen LogP contribution in [-0.4, -0.2) is 21.6 Å². The molecule has 2 aromatic rings. The zero-order chi connectivity index (χ0) is 16.0. The molecule has 0 saturated carbocycles. The fraction of sp³-hybridized carbons (Fsp3) is 0.200. The molecule has 0 radical (unpaired) electrons. The summed E-state index contributed by atoms with van der Waals surface area (Å²) in [4.78, 5) is 0. The molecule has 0 atom stereocenters. The molecule has 0 aliphatic carbocycles. The van der Waals surface area contributed by atoms with Crippen LogP contribution in [0.25, 0.3) is 0 Å². The van der Waals surface area contributed by atoms with Gasteiger partial charge in [0.25, 0.3) is 0 Å². The summed E-state index contributed by atoms with van der Waals surface area (Å²) < 4.78 is 44.3. The van der Waals surface area contributed by atoms with E-state index in [0.717, 1.165) is 0 Å². The van der Waals surface area contributed by atoms with Crippen LogP contribution < -0.4 is 9.46 Å². The highest BCUT2D eigenvalue weighted by molar-refractivity contribution is 7.88. The molecule has 0 aliphatic heterocycles. The Labute approximate surface area is 133 Å². The van der Waals surface area contributed by atoms with Gasteiger partial charge < -0.3 is 4.74 Å². The van der Waals surface area contributed by atoms with Gasteiger partial charge in [0.15, 0.2) is 0 Å². The summed E-state index contributed by atoms with van der Waals surface area (Å²) >= 11 is 5.94. The lowest BCUT2D eigenvalue weighted by Crippen LogP contribution is -2.29. The second-order valence-corrected chi connectivity index (χ2v) is 6.76. The summed E-state index contributed by atoms with van der Waals surface area (Å²) in [6.45, 7) is 0.261. The van der Waals surface area contributed by atoms with Gasteiger partial charge in [0, 0.05) is 11.6 Å². The van der Waals surface area contributed by atoms with Crippen LogP contribution in [0.3, 0.4) is 0 Å². The highest BCUT2D eigenvalue weighted by Crippen LogP contribution is 2.17. The average molecular weight is 344 g/mol. The number of hydrogen-bond donors (Lipinski definition) is 1. The maximum Gasteiger partial charge on any atom is 0.215 e. The molecule has 0 fully saturated rings. The van der Waals surface area contributed by atoms with Crippen LogP contribution in [-0.2, 0) is 15.8 Å². The lowest BCUT2D eigenvalue weighted by atomic mass is 10.2. The Morgan fingerprint density at radius 2 is 1.77 bits per heavy atom. The topological polar surface area (TPSA) is 55.4 Å². The van der Waals surface area contributed by atoms with Gasteiger partial charge in [-0.05, 0) is 35.9 Å². The largest absolute Gasteiger partial charge is 0.492 e. The van der Waals surface area contributed by atoms with Crippen LogP contribution in [0.5, 0.6) is 5.75 Å². The predicted octanol–water partition coefficient (Wildman–Crippen LogP) is 2.98. The zero-order valence-electron chi connectivity index (χ0n) is 11.6. The van der Waals surface area contributed by atoms with Crippen molar-refractivity contribution >= 4 is 21.6 Å². The Morgan fingerprint density at radius 1 is 1.09 bits per heavy atom. The molecule has 22 heavy (non-hydrogen) atoms. The van der Waals surface area contributed by atoms with Gasteiger partial charge in [-0.1, -0.05) is 29.8 Å². The Balaban J connectivity index is 1.80. The van der Waals surface area contributed by atoms with Gasteiger partial charge in [-0.25, -0.2) is 17.5 Å². The lowest BCUT2D eigenvalue weighted by Gasteiger charge is -2.09. The van der Waals surface area contributed by atoms with E-state index in [-0.39, 0.29) is 24.7 Å². The molecule has 0 bridgehead atoms. The zero-order valence-corrected chi connectivity index (χ0v) is 13.2. The minimum absolute atomic E-state index is 0.115. The molecule has 118 valence electrons. The van der Waals surface area contributed by atoms with Crippen LogP contribution in [0, 0.1) is 5.82 Å². The number of rotatable bonds is 7. The summed E-state index contributed by atoms with van der Waals surface area (Å²) in [5, 5.41) is 0.412.